The monoisotopic (exact) mass is 329 g/mol. The predicted molar refractivity (Wildman–Crippen MR) is 86.1 cm³/mol. The van der Waals surface area contributed by atoms with Crippen LogP contribution in [0.25, 0.3) is 0 Å². The molecule has 4 nitrogen and oxygen atoms in total. The Morgan fingerprint density at radius 1 is 1.38 bits per heavy atom. The number of hydrogen-bond acceptors (Lipinski definition) is 5. The van der Waals surface area contributed by atoms with Gasteiger partial charge in [0.2, 0.25) is 5.91 Å². The van der Waals surface area contributed by atoms with Crippen molar-refractivity contribution in [2.75, 3.05) is 5.94 Å². The fourth-order valence-electron chi connectivity index (χ4n) is 3.46. The van der Waals surface area contributed by atoms with Gasteiger partial charge < -0.3 is 9.64 Å². The second-order valence-corrected chi connectivity index (χ2v) is 9.66. The van der Waals surface area contributed by atoms with E-state index in [1.54, 1.807) is 28.4 Å². The van der Waals surface area contributed by atoms with E-state index in [2.05, 4.69) is 0 Å². The van der Waals surface area contributed by atoms with Crippen LogP contribution in [0, 0.1) is 0 Å². The summed E-state index contributed by atoms with van der Waals surface area (Å²) in [5.41, 5.74) is 0. The summed E-state index contributed by atoms with van der Waals surface area (Å²) in [5, 5.41) is 0.812. The van der Waals surface area contributed by atoms with Gasteiger partial charge in [-0.05, 0) is 26.7 Å². The summed E-state index contributed by atoms with van der Waals surface area (Å²) in [6, 6.07) is -0.416. The molecule has 0 aromatic carbocycles. The highest BCUT2D eigenvalue weighted by Crippen LogP contribution is 2.50. The van der Waals surface area contributed by atoms with Crippen LogP contribution in [-0.4, -0.2) is 44.1 Å². The molecule has 0 aromatic heterocycles. The van der Waals surface area contributed by atoms with E-state index in [0.29, 0.717) is 17.6 Å². The first-order valence-corrected chi connectivity index (χ1v) is 9.69. The van der Waals surface area contributed by atoms with Crippen molar-refractivity contribution in [2.45, 2.75) is 73.8 Å². The van der Waals surface area contributed by atoms with Crippen molar-refractivity contribution in [2.24, 2.45) is 0 Å². The molecule has 1 aliphatic carbocycles. The van der Waals surface area contributed by atoms with Crippen LogP contribution in [0.2, 0.25) is 0 Å². The normalized spacial score (nSPS) is 31.7. The zero-order chi connectivity index (χ0) is 15.0. The second-order valence-electron chi connectivity index (χ2n) is 6.59. The summed E-state index contributed by atoms with van der Waals surface area (Å²) >= 11 is 3.47. The van der Waals surface area contributed by atoms with E-state index < -0.39 is 6.04 Å². The van der Waals surface area contributed by atoms with Crippen molar-refractivity contribution in [3.05, 3.63) is 0 Å². The van der Waals surface area contributed by atoms with E-state index in [0.717, 1.165) is 0 Å². The lowest BCUT2D eigenvalue weighted by Crippen LogP contribution is -2.57. The topological polar surface area (TPSA) is 46.6 Å². The molecule has 2 aliphatic heterocycles. The highest BCUT2D eigenvalue weighted by Gasteiger charge is 2.59. The van der Waals surface area contributed by atoms with Crippen LogP contribution in [-0.2, 0) is 14.3 Å². The third-order valence-electron chi connectivity index (χ3n) is 4.60. The zero-order valence-electron chi connectivity index (χ0n) is 12.7. The molecule has 6 heteroatoms. The molecule has 2 heterocycles. The third kappa shape index (κ3) is 3.07. The lowest BCUT2D eigenvalue weighted by Gasteiger charge is -2.37. The first-order chi connectivity index (χ1) is 9.99. The van der Waals surface area contributed by atoms with Gasteiger partial charge in [-0.2, -0.15) is 0 Å². The first kappa shape index (κ1) is 15.5. The van der Waals surface area contributed by atoms with Gasteiger partial charge in [0.25, 0.3) is 0 Å². The van der Waals surface area contributed by atoms with E-state index in [1.165, 1.54) is 32.1 Å². The number of carbonyl (C=O) groups is 2. The van der Waals surface area contributed by atoms with Crippen LogP contribution in [0.1, 0.15) is 52.4 Å². The van der Waals surface area contributed by atoms with Crippen molar-refractivity contribution >= 4 is 35.4 Å². The Morgan fingerprint density at radius 2 is 2.10 bits per heavy atom. The Balaban J connectivity index is 1.51. The molecule has 1 saturated carbocycles. The number of carbonyl (C=O) groups excluding carboxylic acids is 2. The Kier molecular flexibility index (Phi) is 4.46. The summed E-state index contributed by atoms with van der Waals surface area (Å²) in [6.07, 6.45) is 6.96. The molecule has 3 rings (SSSR count). The standard InChI is InChI=1S/C15H23NO3S2/c1-15(2)13(16-11(17)8-12(16)21-15)14(18)19-9-20-10-6-4-3-5-7-10/h10,12-13H,3-9H2,1-2H3/t12-,13+/m1/s1. The van der Waals surface area contributed by atoms with Crippen molar-refractivity contribution in [1.29, 1.82) is 0 Å². The van der Waals surface area contributed by atoms with Gasteiger partial charge in [0.15, 0.2) is 0 Å². The number of ether oxygens (including phenoxy) is 1. The maximum absolute atomic E-state index is 12.4. The molecular weight excluding hydrogens is 306 g/mol. The minimum Gasteiger partial charge on any atom is -0.453 e. The van der Waals surface area contributed by atoms with Crippen LogP contribution in [0.15, 0.2) is 0 Å². The highest BCUT2D eigenvalue weighted by molar-refractivity contribution is 8.01. The fraction of sp³-hybridized carbons (Fsp3) is 0.867. The first-order valence-electron chi connectivity index (χ1n) is 7.76. The van der Waals surface area contributed by atoms with Crippen molar-refractivity contribution in [3.63, 3.8) is 0 Å². The van der Waals surface area contributed by atoms with Gasteiger partial charge in [-0.3, -0.25) is 4.79 Å². The van der Waals surface area contributed by atoms with E-state index in [-0.39, 0.29) is 22.0 Å². The van der Waals surface area contributed by atoms with Gasteiger partial charge in [0.1, 0.15) is 12.0 Å². The summed E-state index contributed by atoms with van der Waals surface area (Å²) in [7, 11) is 0. The fourth-order valence-corrected chi connectivity index (χ4v) is 6.12. The quantitative estimate of drug-likeness (QED) is 0.451. The molecular formula is C15H23NO3S2. The Morgan fingerprint density at radius 3 is 2.76 bits per heavy atom. The Labute approximate surface area is 134 Å². The van der Waals surface area contributed by atoms with Crippen LogP contribution in [0.4, 0.5) is 0 Å². The SMILES string of the molecule is CC1(C)S[C@@H]2CC(=O)N2[C@H]1C(=O)OCSC1CCCCC1. The number of fused-ring (bicyclic) bond motifs is 1. The van der Waals surface area contributed by atoms with Crippen LogP contribution in [0.3, 0.4) is 0 Å². The zero-order valence-corrected chi connectivity index (χ0v) is 14.3. The summed E-state index contributed by atoms with van der Waals surface area (Å²) in [5.74, 6) is 0.277. The molecule has 2 saturated heterocycles. The van der Waals surface area contributed by atoms with Gasteiger partial charge in [-0.1, -0.05) is 19.3 Å². The van der Waals surface area contributed by atoms with Crippen molar-refractivity contribution < 1.29 is 14.3 Å². The molecule has 3 fully saturated rings. The molecule has 0 radical (unpaired) electrons. The molecule has 3 aliphatic rings. The molecule has 0 N–H and O–H groups in total. The van der Waals surface area contributed by atoms with Gasteiger partial charge in [-0.15, -0.1) is 23.5 Å². The number of amides is 1. The number of rotatable bonds is 4. The molecule has 0 bridgehead atoms. The Bertz CT molecular complexity index is 435. The number of hydrogen-bond donors (Lipinski definition) is 0. The summed E-state index contributed by atoms with van der Waals surface area (Å²) in [4.78, 5) is 25.9. The highest BCUT2D eigenvalue weighted by atomic mass is 32.2. The van der Waals surface area contributed by atoms with E-state index in [9.17, 15) is 9.59 Å². The maximum Gasteiger partial charge on any atom is 0.331 e. The lowest BCUT2D eigenvalue weighted by molar-refractivity contribution is -0.159. The van der Waals surface area contributed by atoms with Gasteiger partial charge in [-0.25, -0.2) is 4.79 Å². The summed E-state index contributed by atoms with van der Waals surface area (Å²) < 4.78 is 5.24. The molecule has 1 amide bonds. The minimum absolute atomic E-state index is 0.0833. The lowest BCUT2D eigenvalue weighted by atomic mass is 9.98. The molecule has 0 aromatic rings. The molecule has 0 spiro atoms. The van der Waals surface area contributed by atoms with Crippen LogP contribution < -0.4 is 0 Å². The Hall–Kier alpha value is -0.360. The number of nitrogens with zero attached hydrogens (tertiary/aromatic N) is 1. The molecule has 118 valence electrons. The maximum atomic E-state index is 12.4. The summed E-state index contributed by atoms with van der Waals surface area (Å²) in [6.45, 7) is 4.06. The van der Waals surface area contributed by atoms with E-state index >= 15 is 0 Å². The number of esters is 1. The number of β-lactam (4-membered cyclic amide) rings is 1. The van der Waals surface area contributed by atoms with E-state index in [4.69, 9.17) is 4.74 Å². The van der Waals surface area contributed by atoms with E-state index in [1.807, 2.05) is 13.8 Å². The van der Waals surface area contributed by atoms with Crippen molar-refractivity contribution in [1.82, 2.24) is 4.90 Å². The smallest absolute Gasteiger partial charge is 0.331 e. The average molecular weight is 329 g/mol. The second kappa shape index (κ2) is 6.03. The number of thioether (sulfide) groups is 2. The van der Waals surface area contributed by atoms with Crippen LogP contribution >= 0.6 is 23.5 Å². The van der Waals surface area contributed by atoms with Gasteiger partial charge >= 0.3 is 5.97 Å². The van der Waals surface area contributed by atoms with Gasteiger partial charge in [0.05, 0.1) is 11.8 Å². The molecule has 21 heavy (non-hydrogen) atoms. The average Bonchev–Trinajstić information content (AvgIpc) is 2.66. The van der Waals surface area contributed by atoms with Crippen molar-refractivity contribution in [3.8, 4) is 0 Å². The third-order valence-corrected chi connectivity index (χ3v) is 7.30. The van der Waals surface area contributed by atoms with Gasteiger partial charge in [0, 0.05) is 10.00 Å². The van der Waals surface area contributed by atoms with Crippen LogP contribution in [0.5, 0.6) is 0 Å². The predicted octanol–water partition coefficient (Wildman–Crippen LogP) is 3.01. The molecule has 0 unspecified atom stereocenters. The largest absolute Gasteiger partial charge is 0.453 e. The minimum atomic E-state index is -0.416. The molecule has 2 atom stereocenters.